The maximum atomic E-state index is 11.5. The quantitative estimate of drug-likeness (QED) is 0.847. The normalized spacial score (nSPS) is 10.9. The molecule has 116 valence electrons. The van der Waals surface area contributed by atoms with Gasteiger partial charge in [0, 0.05) is 17.1 Å². The molecule has 0 fully saturated rings. The Labute approximate surface area is 129 Å². The molecule has 1 aromatic carbocycles. The van der Waals surface area contributed by atoms with Gasteiger partial charge in [-0.1, -0.05) is 29.8 Å². The minimum atomic E-state index is -0.561. The molecule has 1 rings (SSSR count). The standard InChI is InChI=1S/C15H20ClNO4/c1-15(2,3)21-14(19)17-9-8-13(18)20-10-11-6-4-5-7-12(11)16/h4-7H,8-10H2,1-3H3,(H,17,19). The molecule has 0 heterocycles. The van der Waals surface area contributed by atoms with Crippen LogP contribution in [0.5, 0.6) is 0 Å². The number of halogens is 1. The number of hydrogen-bond donors (Lipinski definition) is 1. The number of amides is 1. The van der Waals surface area contributed by atoms with Crippen molar-refractivity contribution >= 4 is 23.7 Å². The Morgan fingerprint density at radius 2 is 1.90 bits per heavy atom. The summed E-state index contributed by atoms with van der Waals surface area (Å²) in [5, 5.41) is 3.04. The second kappa shape index (κ2) is 7.88. The zero-order valence-electron chi connectivity index (χ0n) is 12.4. The molecule has 5 nitrogen and oxygen atoms in total. The molecule has 0 radical (unpaired) electrons. The number of nitrogens with one attached hydrogen (secondary N) is 1. The van der Waals surface area contributed by atoms with Gasteiger partial charge in [-0.3, -0.25) is 4.79 Å². The minimum absolute atomic E-state index is 0.0731. The van der Waals surface area contributed by atoms with Crippen molar-refractivity contribution in [2.24, 2.45) is 0 Å². The highest BCUT2D eigenvalue weighted by Gasteiger charge is 2.16. The number of alkyl carbamates (subject to hydrolysis) is 1. The van der Waals surface area contributed by atoms with Crippen LogP contribution >= 0.6 is 11.6 Å². The first-order valence-corrected chi connectivity index (χ1v) is 7.01. The van der Waals surface area contributed by atoms with E-state index in [1.54, 1.807) is 39.0 Å². The Balaban J connectivity index is 2.23. The van der Waals surface area contributed by atoms with E-state index in [4.69, 9.17) is 21.1 Å². The van der Waals surface area contributed by atoms with Gasteiger partial charge < -0.3 is 14.8 Å². The summed E-state index contributed by atoms with van der Waals surface area (Å²) in [4.78, 5) is 22.9. The Bertz CT molecular complexity index is 497. The summed E-state index contributed by atoms with van der Waals surface area (Å²) in [6.45, 7) is 5.58. The molecule has 0 unspecified atom stereocenters. The van der Waals surface area contributed by atoms with Crippen LogP contribution in [0.15, 0.2) is 24.3 Å². The number of rotatable bonds is 5. The number of esters is 1. The summed E-state index contributed by atoms with van der Waals surface area (Å²) in [6, 6.07) is 7.14. The van der Waals surface area contributed by atoms with E-state index in [0.717, 1.165) is 5.56 Å². The maximum Gasteiger partial charge on any atom is 0.407 e. The monoisotopic (exact) mass is 313 g/mol. The molecule has 0 saturated carbocycles. The second-order valence-electron chi connectivity index (χ2n) is 5.43. The average molecular weight is 314 g/mol. The van der Waals surface area contributed by atoms with E-state index in [1.807, 2.05) is 6.07 Å². The maximum absolute atomic E-state index is 11.5. The average Bonchev–Trinajstić information content (AvgIpc) is 2.35. The van der Waals surface area contributed by atoms with Crippen LogP contribution in [0.1, 0.15) is 32.8 Å². The third-order valence-corrected chi connectivity index (χ3v) is 2.71. The smallest absolute Gasteiger partial charge is 0.407 e. The topological polar surface area (TPSA) is 64.6 Å². The van der Waals surface area contributed by atoms with E-state index in [9.17, 15) is 9.59 Å². The first kappa shape index (κ1) is 17.3. The van der Waals surface area contributed by atoms with Gasteiger partial charge >= 0.3 is 12.1 Å². The number of carbonyl (C=O) groups excluding carboxylic acids is 2. The van der Waals surface area contributed by atoms with Gasteiger partial charge in [-0.25, -0.2) is 4.79 Å². The summed E-state index contributed by atoms with van der Waals surface area (Å²) in [5.41, 5.74) is 0.182. The van der Waals surface area contributed by atoms with Crippen LogP contribution in [0.3, 0.4) is 0 Å². The molecule has 0 saturated heterocycles. The van der Waals surface area contributed by atoms with Gasteiger partial charge in [0.05, 0.1) is 6.42 Å². The van der Waals surface area contributed by atoms with Crippen molar-refractivity contribution < 1.29 is 19.1 Å². The van der Waals surface area contributed by atoms with Crippen molar-refractivity contribution in [2.75, 3.05) is 6.54 Å². The first-order chi connectivity index (χ1) is 9.78. The van der Waals surface area contributed by atoms with E-state index in [-0.39, 0.29) is 19.6 Å². The predicted molar refractivity (Wildman–Crippen MR) is 80.1 cm³/mol. The van der Waals surface area contributed by atoms with Gasteiger partial charge in [-0.15, -0.1) is 0 Å². The number of carbonyl (C=O) groups is 2. The van der Waals surface area contributed by atoms with Crippen LogP contribution in [-0.4, -0.2) is 24.2 Å². The van der Waals surface area contributed by atoms with E-state index in [0.29, 0.717) is 5.02 Å². The van der Waals surface area contributed by atoms with Crippen molar-refractivity contribution in [3.8, 4) is 0 Å². The zero-order valence-corrected chi connectivity index (χ0v) is 13.2. The fraction of sp³-hybridized carbons (Fsp3) is 0.467. The Hall–Kier alpha value is -1.75. The fourth-order valence-electron chi connectivity index (χ4n) is 1.43. The van der Waals surface area contributed by atoms with Crippen LogP contribution in [0.4, 0.5) is 4.79 Å². The van der Waals surface area contributed by atoms with Gasteiger partial charge in [0.25, 0.3) is 0 Å². The molecule has 0 aromatic heterocycles. The van der Waals surface area contributed by atoms with Gasteiger partial charge in [-0.2, -0.15) is 0 Å². The summed E-state index contributed by atoms with van der Waals surface area (Å²) >= 11 is 5.95. The van der Waals surface area contributed by atoms with Crippen molar-refractivity contribution in [1.29, 1.82) is 0 Å². The van der Waals surface area contributed by atoms with Crippen LogP contribution in [0.25, 0.3) is 0 Å². The third-order valence-electron chi connectivity index (χ3n) is 2.34. The Morgan fingerprint density at radius 3 is 2.52 bits per heavy atom. The van der Waals surface area contributed by atoms with E-state index < -0.39 is 17.7 Å². The van der Waals surface area contributed by atoms with Crippen molar-refractivity contribution in [2.45, 2.75) is 39.4 Å². The van der Waals surface area contributed by atoms with E-state index in [1.165, 1.54) is 0 Å². The SMILES string of the molecule is CC(C)(C)OC(=O)NCCC(=O)OCc1ccccc1Cl. The van der Waals surface area contributed by atoms with Gasteiger partial charge in [0.1, 0.15) is 12.2 Å². The third kappa shape index (κ3) is 7.56. The van der Waals surface area contributed by atoms with Crippen molar-refractivity contribution in [3.63, 3.8) is 0 Å². The first-order valence-electron chi connectivity index (χ1n) is 6.64. The van der Waals surface area contributed by atoms with Crippen LogP contribution in [0, 0.1) is 0 Å². The molecule has 1 N–H and O–H groups in total. The van der Waals surface area contributed by atoms with Gasteiger partial charge in [0.2, 0.25) is 0 Å². The van der Waals surface area contributed by atoms with E-state index >= 15 is 0 Å². The van der Waals surface area contributed by atoms with Crippen LogP contribution in [-0.2, 0) is 20.9 Å². The number of hydrogen-bond acceptors (Lipinski definition) is 4. The molecule has 1 amide bonds. The van der Waals surface area contributed by atoms with E-state index in [2.05, 4.69) is 5.32 Å². The summed E-state index contributed by atoms with van der Waals surface area (Å²) in [5.74, 6) is -0.411. The van der Waals surface area contributed by atoms with Crippen LogP contribution < -0.4 is 5.32 Å². The fourth-order valence-corrected chi connectivity index (χ4v) is 1.62. The predicted octanol–water partition coefficient (Wildman–Crippen LogP) is 3.30. The number of benzene rings is 1. The molecule has 0 spiro atoms. The highest BCUT2D eigenvalue weighted by Crippen LogP contribution is 2.15. The molecular formula is C15H20ClNO4. The molecular weight excluding hydrogens is 294 g/mol. The molecule has 1 aromatic rings. The second-order valence-corrected chi connectivity index (χ2v) is 5.84. The molecule has 21 heavy (non-hydrogen) atoms. The lowest BCUT2D eigenvalue weighted by atomic mass is 10.2. The van der Waals surface area contributed by atoms with Crippen molar-refractivity contribution in [3.05, 3.63) is 34.9 Å². The zero-order chi connectivity index (χ0) is 15.9. The summed E-state index contributed by atoms with van der Waals surface area (Å²) in [6.07, 6.45) is -0.481. The number of ether oxygens (including phenoxy) is 2. The van der Waals surface area contributed by atoms with Crippen molar-refractivity contribution in [1.82, 2.24) is 5.32 Å². The lowest BCUT2D eigenvalue weighted by Crippen LogP contribution is -2.33. The molecule has 6 heteroatoms. The Kier molecular flexibility index (Phi) is 6.49. The molecule has 0 aliphatic carbocycles. The molecule has 0 aliphatic heterocycles. The Morgan fingerprint density at radius 1 is 1.24 bits per heavy atom. The van der Waals surface area contributed by atoms with Crippen LogP contribution in [0.2, 0.25) is 5.02 Å². The lowest BCUT2D eigenvalue weighted by molar-refractivity contribution is -0.144. The highest BCUT2D eigenvalue weighted by molar-refractivity contribution is 6.31. The van der Waals surface area contributed by atoms with Gasteiger partial charge in [-0.05, 0) is 26.8 Å². The minimum Gasteiger partial charge on any atom is -0.461 e. The largest absolute Gasteiger partial charge is 0.461 e. The molecule has 0 atom stereocenters. The highest BCUT2D eigenvalue weighted by atomic mass is 35.5. The van der Waals surface area contributed by atoms with Gasteiger partial charge in [0.15, 0.2) is 0 Å². The lowest BCUT2D eigenvalue weighted by Gasteiger charge is -2.19. The summed E-state index contributed by atoms with van der Waals surface area (Å²) in [7, 11) is 0. The summed E-state index contributed by atoms with van der Waals surface area (Å²) < 4.78 is 10.1. The molecule has 0 aliphatic rings. The molecule has 0 bridgehead atoms.